The maximum absolute atomic E-state index is 13.3. The van der Waals surface area contributed by atoms with Gasteiger partial charge < -0.3 is 11.1 Å². The highest BCUT2D eigenvalue weighted by Crippen LogP contribution is 2.18. The number of anilines is 2. The standard InChI is InChI=1S/C11H8ClFN4O/c12-10-7(3-6(14)4-16-10)11(18)17-9-1-2-15-5-8(9)13/h1-5H,14H2,(H,15,17,18). The summed E-state index contributed by atoms with van der Waals surface area (Å²) in [6.45, 7) is 0. The molecule has 0 aliphatic carbocycles. The Morgan fingerprint density at radius 1 is 1.44 bits per heavy atom. The first-order valence-corrected chi connectivity index (χ1v) is 5.27. The van der Waals surface area contributed by atoms with E-state index in [9.17, 15) is 9.18 Å². The van der Waals surface area contributed by atoms with E-state index in [4.69, 9.17) is 17.3 Å². The number of nitrogens with two attached hydrogens (primary N) is 1. The largest absolute Gasteiger partial charge is 0.397 e. The molecular formula is C11H8ClFN4O. The van der Waals surface area contributed by atoms with E-state index in [1.807, 2.05) is 0 Å². The molecule has 0 saturated heterocycles. The minimum atomic E-state index is -0.640. The first-order chi connectivity index (χ1) is 8.58. The number of rotatable bonds is 2. The van der Waals surface area contributed by atoms with Crippen LogP contribution in [0.25, 0.3) is 0 Å². The lowest BCUT2D eigenvalue weighted by Crippen LogP contribution is -2.14. The van der Waals surface area contributed by atoms with Crippen molar-refractivity contribution in [2.45, 2.75) is 0 Å². The van der Waals surface area contributed by atoms with Crippen LogP contribution in [0.15, 0.2) is 30.7 Å². The molecule has 2 aromatic rings. The zero-order valence-corrected chi connectivity index (χ0v) is 9.78. The molecule has 0 bridgehead atoms. The van der Waals surface area contributed by atoms with E-state index < -0.39 is 11.7 Å². The molecular weight excluding hydrogens is 259 g/mol. The third-order valence-corrected chi connectivity index (χ3v) is 2.43. The molecule has 0 atom stereocenters. The summed E-state index contributed by atoms with van der Waals surface area (Å²) >= 11 is 5.76. The van der Waals surface area contributed by atoms with Crippen molar-refractivity contribution in [3.05, 3.63) is 47.3 Å². The van der Waals surface area contributed by atoms with Crippen LogP contribution in [-0.4, -0.2) is 15.9 Å². The monoisotopic (exact) mass is 266 g/mol. The van der Waals surface area contributed by atoms with Crippen LogP contribution in [0.3, 0.4) is 0 Å². The molecule has 0 fully saturated rings. The van der Waals surface area contributed by atoms with Gasteiger partial charge in [-0.25, -0.2) is 9.37 Å². The number of nitrogens with one attached hydrogen (secondary N) is 1. The van der Waals surface area contributed by atoms with Gasteiger partial charge in [-0.2, -0.15) is 0 Å². The Bertz CT molecular complexity index is 605. The van der Waals surface area contributed by atoms with Gasteiger partial charge in [-0.05, 0) is 12.1 Å². The Balaban J connectivity index is 2.28. The summed E-state index contributed by atoms with van der Waals surface area (Å²) in [6.07, 6.45) is 3.68. The lowest BCUT2D eigenvalue weighted by atomic mass is 10.2. The fraction of sp³-hybridized carbons (Fsp3) is 0. The molecule has 0 aliphatic heterocycles. The van der Waals surface area contributed by atoms with Crippen LogP contribution in [0.2, 0.25) is 5.15 Å². The molecule has 0 aliphatic rings. The molecule has 0 radical (unpaired) electrons. The van der Waals surface area contributed by atoms with Crippen LogP contribution in [-0.2, 0) is 0 Å². The molecule has 0 unspecified atom stereocenters. The Labute approximate surface area is 107 Å². The molecule has 0 aromatic carbocycles. The maximum Gasteiger partial charge on any atom is 0.258 e. The van der Waals surface area contributed by atoms with Crippen LogP contribution >= 0.6 is 11.6 Å². The normalized spacial score (nSPS) is 10.1. The van der Waals surface area contributed by atoms with Gasteiger partial charge in [-0.1, -0.05) is 11.6 Å². The van der Waals surface area contributed by atoms with E-state index in [0.717, 1.165) is 6.20 Å². The molecule has 7 heteroatoms. The molecule has 3 N–H and O–H groups in total. The van der Waals surface area contributed by atoms with Gasteiger partial charge in [0.2, 0.25) is 0 Å². The number of hydrogen-bond acceptors (Lipinski definition) is 4. The number of aromatic nitrogens is 2. The lowest BCUT2D eigenvalue weighted by molar-refractivity contribution is 0.102. The first-order valence-electron chi connectivity index (χ1n) is 4.90. The number of carbonyl (C=O) groups is 1. The highest BCUT2D eigenvalue weighted by Gasteiger charge is 2.13. The van der Waals surface area contributed by atoms with Gasteiger partial charge in [0.1, 0.15) is 5.15 Å². The van der Waals surface area contributed by atoms with Crippen LogP contribution < -0.4 is 11.1 Å². The molecule has 0 spiro atoms. The zero-order valence-electron chi connectivity index (χ0n) is 9.02. The lowest BCUT2D eigenvalue weighted by Gasteiger charge is -2.07. The van der Waals surface area contributed by atoms with E-state index in [1.165, 1.54) is 24.5 Å². The molecule has 2 aromatic heterocycles. The van der Waals surface area contributed by atoms with Crippen molar-refractivity contribution in [3.63, 3.8) is 0 Å². The SMILES string of the molecule is Nc1cnc(Cl)c(C(=O)Nc2ccncc2F)c1. The smallest absolute Gasteiger partial charge is 0.258 e. The number of hydrogen-bond donors (Lipinski definition) is 2. The number of pyridine rings is 2. The van der Waals surface area contributed by atoms with Crippen molar-refractivity contribution in [2.75, 3.05) is 11.1 Å². The molecule has 18 heavy (non-hydrogen) atoms. The summed E-state index contributed by atoms with van der Waals surface area (Å²) in [5.74, 6) is -1.23. The maximum atomic E-state index is 13.3. The van der Waals surface area contributed by atoms with Crippen LogP contribution in [0.4, 0.5) is 15.8 Å². The first kappa shape index (κ1) is 12.3. The number of amides is 1. The van der Waals surface area contributed by atoms with E-state index in [2.05, 4.69) is 15.3 Å². The predicted octanol–water partition coefficient (Wildman–Crippen LogP) is 2.10. The Morgan fingerprint density at radius 2 is 2.22 bits per heavy atom. The number of carbonyl (C=O) groups excluding carboxylic acids is 1. The Hall–Kier alpha value is -2.21. The summed E-state index contributed by atoms with van der Waals surface area (Å²) in [4.78, 5) is 19.2. The van der Waals surface area contributed by atoms with E-state index in [-0.39, 0.29) is 16.4 Å². The Kier molecular flexibility index (Phi) is 3.38. The van der Waals surface area contributed by atoms with E-state index >= 15 is 0 Å². The van der Waals surface area contributed by atoms with Crippen LogP contribution in [0.5, 0.6) is 0 Å². The van der Waals surface area contributed by atoms with Crippen LogP contribution in [0.1, 0.15) is 10.4 Å². The molecule has 5 nitrogen and oxygen atoms in total. The summed E-state index contributed by atoms with van der Waals surface area (Å²) in [7, 11) is 0. The minimum absolute atomic E-state index is 0.00355. The van der Waals surface area contributed by atoms with Gasteiger partial charge >= 0.3 is 0 Å². The molecule has 92 valence electrons. The van der Waals surface area contributed by atoms with Gasteiger partial charge in [0.15, 0.2) is 5.82 Å². The third-order valence-electron chi connectivity index (χ3n) is 2.13. The van der Waals surface area contributed by atoms with Crippen molar-refractivity contribution in [1.82, 2.24) is 9.97 Å². The molecule has 1 amide bonds. The quantitative estimate of drug-likeness (QED) is 0.816. The summed E-state index contributed by atoms with van der Waals surface area (Å²) < 4.78 is 13.3. The summed E-state index contributed by atoms with van der Waals surface area (Å²) in [5, 5.41) is 2.36. The fourth-order valence-corrected chi connectivity index (χ4v) is 1.48. The minimum Gasteiger partial charge on any atom is -0.397 e. The van der Waals surface area contributed by atoms with Gasteiger partial charge in [0.05, 0.1) is 29.3 Å². The van der Waals surface area contributed by atoms with Crippen molar-refractivity contribution in [1.29, 1.82) is 0 Å². The van der Waals surface area contributed by atoms with Crippen molar-refractivity contribution < 1.29 is 9.18 Å². The average molecular weight is 267 g/mol. The van der Waals surface area contributed by atoms with Crippen molar-refractivity contribution in [3.8, 4) is 0 Å². The average Bonchev–Trinajstić information content (AvgIpc) is 2.35. The van der Waals surface area contributed by atoms with Gasteiger partial charge in [-0.15, -0.1) is 0 Å². The Morgan fingerprint density at radius 3 is 2.94 bits per heavy atom. The fourth-order valence-electron chi connectivity index (χ4n) is 1.29. The molecule has 0 saturated carbocycles. The number of halogens is 2. The highest BCUT2D eigenvalue weighted by atomic mass is 35.5. The van der Waals surface area contributed by atoms with Crippen LogP contribution in [0, 0.1) is 5.82 Å². The van der Waals surface area contributed by atoms with Crippen molar-refractivity contribution >= 4 is 28.9 Å². The predicted molar refractivity (Wildman–Crippen MR) is 65.8 cm³/mol. The summed E-state index contributed by atoms with van der Waals surface area (Å²) in [6, 6.07) is 2.70. The highest BCUT2D eigenvalue weighted by molar-refractivity contribution is 6.33. The second-order valence-electron chi connectivity index (χ2n) is 3.42. The molecule has 2 heterocycles. The molecule has 2 rings (SSSR count). The topological polar surface area (TPSA) is 80.9 Å². The number of nitrogen functional groups attached to an aromatic ring is 1. The van der Waals surface area contributed by atoms with Gasteiger partial charge in [-0.3, -0.25) is 9.78 Å². The third kappa shape index (κ3) is 2.54. The van der Waals surface area contributed by atoms with Crippen molar-refractivity contribution in [2.24, 2.45) is 0 Å². The summed E-state index contributed by atoms with van der Waals surface area (Å²) in [5.41, 5.74) is 5.88. The zero-order chi connectivity index (χ0) is 13.1. The second kappa shape index (κ2) is 4.97. The second-order valence-corrected chi connectivity index (χ2v) is 3.77. The van der Waals surface area contributed by atoms with Gasteiger partial charge in [0.25, 0.3) is 5.91 Å². The van der Waals surface area contributed by atoms with Gasteiger partial charge in [0, 0.05) is 6.20 Å². The van der Waals surface area contributed by atoms with E-state index in [0.29, 0.717) is 5.69 Å². The van der Waals surface area contributed by atoms with E-state index in [1.54, 1.807) is 0 Å². The number of nitrogens with zero attached hydrogens (tertiary/aromatic N) is 2.